The first-order valence-corrected chi connectivity index (χ1v) is 25.9. The number of rotatable bonds is 4. The molecule has 3 aliphatic heterocycles. The summed E-state index contributed by atoms with van der Waals surface area (Å²) >= 11 is 0. The molecule has 0 atom stereocenters. The van der Waals surface area contributed by atoms with Crippen molar-refractivity contribution in [3.63, 3.8) is 0 Å². The predicted octanol–water partition coefficient (Wildman–Crippen LogP) is 5.43. The Morgan fingerprint density at radius 3 is 0.836 bits per heavy atom. The molecule has 10 rings (SSSR count). The van der Waals surface area contributed by atoms with Crippen LogP contribution in [0.2, 0.25) is 0 Å². The quantitative estimate of drug-likeness (QED) is 0.174. The van der Waals surface area contributed by atoms with Gasteiger partial charge in [-0.3, -0.25) is 0 Å². The molecule has 0 radical (unpaired) electrons. The average Bonchev–Trinajstić information content (AvgIpc) is 4.24. The SMILES string of the molecule is C1CCOC1.C1CCOC1.CCC1(CC)c2ccc([n-]2)C=[NH+]c2cc(C)c(C)cc2[NH+]=Cc2ccc([n-]2)C(CC)(CC)c2ccc([n-]2)C=[NH+]c2cc(C)c(C)cc2[NH+]=Cc2ccc1[n-]2.Cc1ccccc1.[Mg+2].[Mg+2]. The van der Waals surface area contributed by atoms with Crippen molar-refractivity contribution in [2.24, 2.45) is 0 Å². The van der Waals surface area contributed by atoms with E-state index in [4.69, 9.17) is 29.4 Å². The molecule has 3 aromatic carbocycles. The van der Waals surface area contributed by atoms with Crippen LogP contribution in [0.3, 0.4) is 0 Å². The van der Waals surface area contributed by atoms with Gasteiger partial charge in [0.25, 0.3) is 22.7 Å². The van der Waals surface area contributed by atoms with E-state index in [-0.39, 0.29) is 56.9 Å². The van der Waals surface area contributed by atoms with Gasteiger partial charge in [-0.25, -0.2) is 20.0 Å². The Labute approximate surface area is 467 Å². The Bertz CT molecular complexity index is 2550. The second-order valence-corrected chi connectivity index (χ2v) is 19.0. The first-order chi connectivity index (χ1) is 34.5. The molecule has 8 bridgehead atoms. The van der Waals surface area contributed by atoms with Gasteiger partial charge >= 0.3 is 46.1 Å². The molecule has 0 amide bonds. The van der Waals surface area contributed by atoms with Gasteiger partial charge in [0.1, 0.15) is 0 Å². The van der Waals surface area contributed by atoms with Gasteiger partial charge in [0.2, 0.25) is 0 Å². The molecule has 3 aliphatic rings. The number of nitrogens with one attached hydrogen (secondary N) is 4. The Kier molecular flexibility index (Phi) is 23.0. The molecule has 372 valence electrons. The van der Waals surface area contributed by atoms with Crippen LogP contribution in [0.15, 0.2) is 103 Å². The molecular weight excluding hydrogens is 925 g/mol. The fourth-order valence-electron chi connectivity index (χ4n) is 9.38. The maximum Gasteiger partial charge on any atom is 2.00 e. The minimum atomic E-state index is -0.308. The van der Waals surface area contributed by atoms with Crippen molar-refractivity contribution in [3.8, 4) is 0 Å². The number of benzene rings is 3. The van der Waals surface area contributed by atoms with Gasteiger partial charge in [-0.15, -0.1) is 0 Å². The third-order valence-corrected chi connectivity index (χ3v) is 14.4. The zero-order valence-corrected chi connectivity index (χ0v) is 48.0. The zero-order valence-electron chi connectivity index (χ0n) is 45.1. The second kappa shape index (κ2) is 28.5. The van der Waals surface area contributed by atoms with E-state index in [1.54, 1.807) is 0 Å². The van der Waals surface area contributed by atoms with Gasteiger partial charge in [-0.1, -0.05) is 135 Å². The molecule has 0 unspecified atom stereocenters. The largest absolute Gasteiger partial charge is 2.00 e. The van der Waals surface area contributed by atoms with E-state index in [0.29, 0.717) is 0 Å². The molecule has 0 spiro atoms. The average molecular weight is 1000 g/mol. The molecule has 0 aliphatic carbocycles. The normalized spacial score (nSPS) is 15.2. The molecule has 10 nitrogen and oxygen atoms in total. The van der Waals surface area contributed by atoms with Crippen molar-refractivity contribution in [1.29, 1.82) is 0 Å². The summed E-state index contributed by atoms with van der Waals surface area (Å²) in [7, 11) is 0. The van der Waals surface area contributed by atoms with Crippen LogP contribution in [0.25, 0.3) is 0 Å². The van der Waals surface area contributed by atoms with Gasteiger partial charge in [0.15, 0.2) is 24.9 Å². The number of ether oxygens (including phenoxy) is 2. The van der Waals surface area contributed by atoms with Crippen molar-refractivity contribution in [3.05, 3.63) is 176 Å². The number of hydrogen-bond donors (Lipinski definition) is 4. The summed E-state index contributed by atoms with van der Waals surface area (Å²) in [5, 5.41) is 0. The van der Waals surface area contributed by atoms with Gasteiger partial charge in [-0.2, -0.15) is 22.8 Å². The number of fused-ring (bicyclic) bond motifs is 10. The van der Waals surface area contributed by atoms with Crippen LogP contribution in [-0.4, -0.2) is 97.4 Å². The number of aromatic nitrogens is 4. The Morgan fingerprint density at radius 2 is 0.644 bits per heavy atom. The predicted molar refractivity (Wildman–Crippen MR) is 300 cm³/mol. The van der Waals surface area contributed by atoms with Crippen LogP contribution < -0.4 is 39.9 Å². The Morgan fingerprint density at radius 1 is 0.384 bits per heavy atom. The van der Waals surface area contributed by atoms with E-state index in [0.717, 1.165) is 120 Å². The molecule has 4 aromatic heterocycles. The summed E-state index contributed by atoms with van der Waals surface area (Å²) in [6, 6.07) is 35.9. The van der Waals surface area contributed by atoms with Gasteiger partial charge in [0, 0.05) is 50.7 Å². The van der Waals surface area contributed by atoms with Crippen LogP contribution >= 0.6 is 0 Å². The van der Waals surface area contributed by atoms with Crippen LogP contribution in [0, 0.1) is 34.6 Å². The molecule has 4 N–H and O–H groups in total. The third-order valence-electron chi connectivity index (χ3n) is 14.4. The first-order valence-electron chi connectivity index (χ1n) is 25.9. The number of aryl methyl sites for hydroxylation is 5. The Balaban J connectivity index is 0.000000438. The zero-order chi connectivity index (χ0) is 50.2. The smallest absolute Gasteiger partial charge is 0.656 e. The summed E-state index contributed by atoms with van der Waals surface area (Å²) < 4.78 is 9.89. The van der Waals surface area contributed by atoms with E-state index in [1.807, 2.05) is 43.1 Å². The first kappa shape index (κ1) is 58.8. The maximum absolute atomic E-state index is 5.15. The summed E-state index contributed by atoms with van der Waals surface area (Å²) in [6.45, 7) is 23.5. The number of nitrogens with zero attached hydrogens (tertiary/aromatic N) is 4. The maximum atomic E-state index is 5.15. The van der Waals surface area contributed by atoms with Crippen molar-refractivity contribution < 1.29 is 29.4 Å². The molecule has 7 heterocycles. The minimum absolute atomic E-state index is 0. The molecule has 12 heteroatoms. The third kappa shape index (κ3) is 15.0. The standard InChI is InChI=1S/C46H48N8.C7H8.2C4H8O.2Mg/c1-9-45(10-2)41-17-13-33(51-41)25-47-37-21-29(5)31(7)23-39(37)49-27-35-15-19-43(53-35)46(11-3,12-4)44-20-16-36(54-44)28-50-40-24-32(8)30(6)22-38(40)48-26-34-14-18-42(45)52-34;1-7-5-3-2-4-6-7;2*1-2-4-5-3-1;;/h13-28H,9-12H2,1-8H3;2-6H,1H3;2*1-4H2;;/q-4;;;;2*+2/p+4. The van der Waals surface area contributed by atoms with E-state index >= 15 is 0 Å². The number of hydrogen-bond acceptors (Lipinski definition) is 2. The van der Waals surface area contributed by atoms with Gasteiger partial charge in [-0.05, 0) is 119 Å². The molecule has 7 aromatic rings. The molecule has 73 heavy (non-hydrogen) atoms. The van der Waals surface area contributed by atoms with Crippen molar-refractivity contribution >= 4 is 93.7 Å². The van der Waals surface area contributed by atoms with E-state index in [1.165, 1.54) is 53.5 Å². The van der Waals surface area contributed by atoms with E-state index in [9.17, 15) is 0 Å². The summed E-state index contributed by atoms with van der Waals surface area (Å²) in [4.78, 5) is 34.9. The molecule has 2 fully saturated rings. The molecule has 0 saturated carbocycles. The van der Waals surface area contributed by atoms with Crippen molar-refractivity contribution in [1.82, 2.24) is 19.9 Å². The topological polar surface area (TPSA) is 131 Å². The van der Waals surface area contributed by atoms with Gasteiger partial charge in [0.05, 0.1) is 0 Å². The van der Waals surface area contributed by atoms with E-state index < -0.39 is 0 Å². The fraction of sp³-hybridized carbons (Fsp3) is 0.377. The monoisotopic (exact) mass is 1000 g/mol. The van der Waals surface area contributed by atoms with Crippen LogP contribution in [0.5, 0.6) is 0 Å². The van der Waals surface area contributed by atoms with Gasteiger partial charge < -0.3 is 29.4 Å². The second-order valence-electron chi connectivity index (χ2n) is 19.0. The van der Waals surface area contributed by atoms with Crippen LogP contribution in [0.4, 0.5) is 22.7 Å². The molecule has 2 saturated heterocycles. The minimum Gasteiger partial charge on any atom is -0.656 e. The molecular formula is C61H76Mg2N8O2+4. The van der Waals surface area contributed by atoms with Crippen LogP contribution in [-0.2, 0) is 20.3 Å². The Hall–Kier alpha value is -5.09. The fourth-order valence-corrected chi connectivity index (χ4v) is 9.38. The van der Waals surface area contributed by atoms with Crippen LogP contribution in [0.1, 0.15) is 152 Å². The van der Waals surface area contributed by atoms with E-state index in [2.05, 4.69) is 167 Å². The van der Waals surface area contributed by atoms with Crippen molar-refractivity contribution in [2.75, 3.05) is 26.4 Å². The summed E-state index contributed by atoms with van der Waals surface area (Å²) in [5.74, 6) is 0. The van der Waals surface area contributed by atoms with Crippen molar-refractivity contribution in [2.45, 2.75) is 125 Å². The summed E-state index contributed by atoms with van der Waals surface area (Å²) in [6.07, 6.45) is 16.6. The summed E-state index contributed by atoms with van der Waals surface area (Å²) in [5.41, 5.74) is 17.0.